The maximum Gasteiger partial charge on any atom is 0.249 e. The number of carbonyl (C=O) groups excluding carboxylic acids is 2. The molecule has 0 aromatic heterocycles. The topological polar surface area (TPSA) is 78.9 Å². The van der Waals surface area contributed by atoms with Crippen LogP contribution in [0, 0.1) is 27.7 Å². The van der Waals surface area contributed by atoms with Crippen molar-refractivity contribution in [2.24, 2.45) is 0 Å². The highest BCUT2D eigenvalue weighted by Crippen LogP contribution is 2.55. The van der Waals surface area contributed by atoms with E-state index in [0.717, 1.165) is 11.1 Å². The zero-order chi connectivity index (χ0) is 25.2. The molecule has 7 heteroatoms. The Morgan fingerprint density at radius 1 is 0.676 bits per heavy atom. The maximum absolute atomic E-state index is 14.8. The fourth-order valence-corrected chi connectivity index (χ4v) is 6.55. The molecule has 0 aliphatic rings. The predicted octanol–water partition coefficient (Wildman–Crippen LogP) is 5.62. The largest absolute Gasteiger partial charge is 0.496 e. The fourth-order valence-electron chi connectivity index (χ4n) is 4.11. The van der Waals surface area contributed by atoms with Crippen molar-refractivity contribution >= 4 is 23.5 Å². The summed E-state index contributed by atoms with van der Waals surface area (Å²) in [6.07, 6.45) is 0. The molecule has 0 saturated carbocycles. The number of methoxy groups -OCH3 is 3. The van der Waals surface area contributed by atoms with Crippen LogP contribution in [-0.4, -0.2) is 32.4 Å². The van der Waals surface area contributed by atoms with Gasteiger partial charge in [-0.15, -0.1) is 0 Å². The van der Waals surface area contributed by atoms with Crippen LogP contribution in [0.3, 0.4) is 0 Å². The number of ether oxygens (including phenoxy) is 3. The number of rotatable bonds is 8. The Balaban J connectivity index is 2.36. The van der Waals surface area contributed by atoms with Crippen LogP contribution in [0.1, 0.15) is 43.0 Å². The molecule has 0 heterocycles. The lowest BCUT2D eigenvalue weighted by molar-refractivity contribution is 0.103. The summed E-state index contributed by atoms with van der Waals surface area (Å²) < 4.78 is 30.9. The third-order valence-corrected chi connectivity index (χ3v) is 8.81. The summed E-state index contributed by atoms with van der Waals surface area (Å²) in [7, 11) is -0.124. The Kier molecular flexibility index (Phi) is 7.32. The number of benzene rings is 3. The Morgan fingerprint density at radius 3 is 1.71 bits per heavy atom. The summed E-state index contributed by atoms with van der Waals surface area (Å²) in [4.78, 5) is 28.2. The lowest BCUT2D eigenvalue weighted by atomic mass is 9.95. The summed E-state index contributed by atoms with van der Waals surface area (Å²) in [5.74, 6) is 0.615. The van der Waals surface area contributed by atoms with Crippen molar-refractivity contribution in [1.29, 1.82) is 0 Å². The SMILES string of the molecule is COc1cc(OC)c(C(=O)P(=O)(C(=O)c2c(C)cc(C)c(C)c2C)c2ccccc2)c(OC)c1. The first-order valence-corrected chi connectivity index (χ1v) is 12.4. The monoisotopic (exact) mass is 480 g/mol. The summed E-state index contributed by atoms with van der Waals surface area (Å²) >= 11 is 0. The molecule has 6 nitrogen and oxygen atoms in total. The number of carbonyl (C=O) groups is 2. The first kappa shape index (κ1) is 25.3. The molecule has 1 unspecified atom stereocenters. The Hall–Kier alpha value is -3.37. The van der Waals surface area contributed by atoms with Gasteiger partial charge in [0.2, 0.25) is 18.2 Å². The molecule has 1 atom stereocenters. The molecule has 3 rings (SSSR count). The minimum atomic E-state index is -4.37. The molecule has 3 aromatic rings. The van der Waals surface area contributed by atoms with Crippen LogP contribution in [0.2, 0.25) is 0 Å². The van der Waals surface area contributed by atoms with Gasteiger partial charge in [-0.2, -0.15) is 0 Å². The molecule has 0 fully saturated rings. The second-order valence-corrected chi connectivity index (χ2v) is 10.6. The van der Waals surface area contributed by atoms with Crippen molar-refractivity contribution in [1.82, 2.24) is 0 Å². The minimum absolute atomic E-state index is 0.0644. The van der Waals surface area contributed by atoms with Gasteiger partial charge in [0.1, 0.15) is 22.8 Å². The normalized spacial score (nSPS) is 12.6. The molecule has 0 spiro atoms. The molecule has 0 radical (unpaired) electrons. The zero-order valence-electron chi connectivity index (χ0n) is 20.5. The maximum atomic E-state index is 14.8. The molecule has 0 aliphatic heterocycles. The van der Waals surface area contributed by atoms with Crippen molar-refractivity contribution in [3.8, 4) is 17.2 Å². The second kappa shape index (κ2) is 9.86. The molecular weight excluding hydrogens is 451 g/mol. The smallest absolute Gasteiger partial charge is 0.249 e. The van der Waals surface area contributed by atoms with Crippen LogP contribution in [-0.2, 0) is 4.57 Å². The van der Waals surface area contributed by atoms with Crippen molar-refractivity contribution in [2.75, 3.05) is 21.3 Å². The summed E-state index contributed by atoms with van der Waals surface area (Å²) in [5.41, 5.74) is 1.99. The van der Waals surface area contributed by atoms with Crippen LogP contribution in [0.25, 0.3) is 0 Å². The average molecular weight is 480 g/mol. The lowest BCUT2D eigenvalue weighted by Gasteiger charge is -2.22. The van der Waals surface area contributed by atoms with Crippen LogP contribution in [0.5, 0.6) is 17.2 Å². The molecule has 0 saturated heterocycles. The molecule has 0 N–H and O–H groups in total. The quantitative estimate of drug-likeness (QED) is 0.390. The van der Waals surface area contributed by atoms with E-state index in [4.69, 9.17) is 14.2 Å². The lowest BCUT2D eigenvalue weighted by Crippen LogP contribution is -2.23. The van der Waals surface area contributed by atoms with Gasteiger partial charge in [0.15, 0.2) is 0 Å². The van der Waals surface area contributed by atoms with Gasteiger partial charge in [-0.25, -0.2) is 0 Å². The summed E-state index contributed by atoms with van der Waals surface area (Å²) in [5, 5.41) is 0.155. The van der Waals surface area contributed by atoms with Gasteiger partial charge in [0, 0.05) is 23.0 Å². The van der Waals surface area contributed by atoms with Crippen molar-refractivity contribution in [3.05, 3.63) is 81.9 Å². The highest BCUT2D eigenvalue weighted by molar-refractivity contribution is 8.01. The van der Waals surface area contributed by atoms with Crippen LogP contribution in [0.15, 0.2) is 48.5 Å². The van der Waals surface area contributed by atoms with Crippen LogP contribution in [0.4, 0.5) is 0 Å². The van der Waals surface area contributed by atoms with E-state index in [1.807, 2.05) is 26.8 Å². The molecule has 178 valence electrons. The van der Waals surface area contributed by atoms with Crippen molar-refractivity contribution < 1.29 is 28.4 Å². The van der Waals surface area contributed by atoms with Crippen LogP contribution >= 0.6 is 7.14 Å². The first-order valence-electron chi connectivity index (χ1n) is 10.7. The molecule has 0 bridgehead atoms. The standard InChI is InChI=1S/C27H29O6P/c1-16-13-17(2)24(19(4)18(16)3)26(28)34(30,21-11-9-8-10-12-21)27(29)25-22(32-6)14-20(31-5)15-23(25)33-7/h8-15H,1-7H3. The zero-order valence-corrected chi connectivity index (χ0v) is 21.4. The summed E-state index contributed by atoms with van der Waals surface area (Å²) in [6, 6.07) is 13.0. The van der Waals surface area contributed by atoms with E-state index < -0.39 is 18.2 Å². The third kappa shape index (κ3) is 4.14. The van der Waals surface area contributed by atoms with Gasteiger partial charge in [-0.1, -0.05) is 36.4 Å². The Labute approximate surface area is 200 Å². The fraction of sp³-hybridized carbons (Fsp3) is 0.259. The van der Waals surface area contributed by atoms with Crippen molar-refractivity contribution in [2.45, 2.75) is 27.7 Å². The van der Waals surface area contributed by atoms with E-state index in [1.165, 1.54) is 33.5 Å². The number of hydrogen-bond donors (Lipinski definition) is 0. The van der Waals surface area contributed by atoms with Gasteiger partial charge < -0.3 is 18.8 Å². The first-order chi connectivity index (χ1) is 16.1. The Bertz CT molecular complexity index is 1290. The number of aryl methyl sites for hydroxylation is 2. The van der Waals surface area contributed by atoms with Crippen LogP contribution < -0.4 is 19.5 Å². The van der Waals surface area contributed by atoms with E-state index in [0.29, 0.717) is 22.4 Å². The van der Waals surface area contributed by atoms with E-state index >= 15 is 0 Å². The van der Waals surface area contributed by atoms with Gasteiger partial charge in [-0.05, 0) is 49.9 Å². The third-order valence-electron chi connectivity index (χ3n) is 6.19. The van der Waals surface area contributed by atoms with E-state index in [-0.39, 0.29) is 22.4 Å². The molecule has 0 amide bonds. The van der Waals surface area contributed by atoms with Gasteiger partial charge in [0.05, 0.1) is 21.3 Å². The van der Waals surface area contributed by atoms with Crippen molar-refractivity contribution in [3.63, 3.8) is 0 Å². The van der Waals surface area contributed by atoms with Gasteiger partial charge >= 0.3 is 0 Å². The summed E-state index contributed by atoms with van der Waals surface area (Å²) in [6.45, 7) is 7.47. The highest BCUT2D eigenvalue weighted by Gasteiger charge is 2.46. The number of hydrogen-bond acceptors (Lipinski definition) is 6. The van der Waals surface area contributed by atoms with Gasteiger partial charge in [0.25, 0.3) is 0 Å². The molecular formula is C27H29O6P. The highest BCUT2D eigenvalue weighted by atomic mass is 31.2. The van der Waals surface area contributed by atoms with E-state index in [9.17, 15) is 14.2 Å². The average Bonchev–Trinajstić information content (AvgIpc) is 2.85. The molecule has 34 heavy (non-hydrogen) atoms. The van der Waals surface area contributed by atoms with E-state index in [1.54, 1.807) is 37.3 Å². The predicted molar refractivity (Wildman–Crippen MR) is 134 cm³/mol. The minimum Gasteiger partial charge on any atom is -0.496 e. The second-order valence-electron chi connectivity index (χ2n) is 8.10. The Morgan fingerprint density at radius 2 is 1.21 bits per heavy atom. The molecule has 3 aromatic carbocycles. The van der Waals surface area contributed by atoms with E-state index in [2.05, 4.69) is 0 Å². The van der Waals surface area contributed by atoms with Gasteiger partial charge in [-0.3, -0.25) is 9.59 Å². The molecule has 0 aliphatic carbocycles.